The zero-order valence-electron chi connectivity index (χ0n) is 20.6. The number of para-hydroxylation sites is 1. The van der Waals surface area contributed by atoms with E-state index >= 15 is 0 Å². The second-order valence-electron chi connectivity index (χ2n) is 9.11. The summed E-state index contributed by atoms with van der Waals surface area (Å²) in [6, 6.07) is 13.1. The van der Waals surface area contributed by atoms with Crippen molar-refractivity contribution in [1.82, 2.24) is 5.32 Å². The van der Waals surface area contributed by atoms with Crippen molar-refractivity contribution >= 4 is 23.4 Å². The predicted molar refractivity (Wildman–Crippen MR) is 135 cm³/mol. The first-order chi connectivity index (χ1) is 16.7. The van der Waals surface area contributed by atoms with Gasteiger partial charge in [0.15, 0.2) is 17.3 Å². The molecular formula is C28H30ClNO5. The van der Waals surface area contributed by atoms with Crippen LogP contribution in [0.1, 0.15) is 56.6 Å². The Kier molecular flexibility index (Phi) is 7.22. The van der Waals surface area contributed by atoms with Crippen LogP contribution in [0.4, 0.5) is 0 Å². The molecule has 0 bridgehead atoms. The first-order valence-corrected chi connectivity index (χ1v) is 12.0. The lowest BCUT2D eigenvalue weighted by Gasteiger charge is -2.37. The number of dihydropyridines is 1. The molecule has 2 atom stereocenters. The Bertz CT molecular complexity index is 1210. The number of methoxy groups -OCH3 is 2. The smallest absolute Gasteiger partial charge is 0.337 e. The Morgan fingerprint density at radius 1 is 1.06 bits per heavy atom. The molecule has 1 heterocycles. The van der Waals surface area contributed by atoms with E-state index in [1.165, 1.54) is 0 Å². The van der Waals surface area contributed by atoms with Gasteiger partial charge in [-0.2, -0.15) is 0 Å². The molecule has 2 aromatic rings. The van der Waals surface area contributed by atoms with E-state index < -0.39 is 11.9 Å². The van der Waals surface area contributed by atoms with Gasteiger partial charge in [-0.25, -0.2) is 4.79 Å². The minimum atomic E-state index is -0.638. The average molecular weight is 496 g/mol. The summed E-state index contributed by atoms with van der Waals surface area (Å²) in [5.74, 6) is -0.0849. The van der Waals surface area contributed by atoms with Crippen LogP contribution in [0.2, 0.25) is 5.02 Å². The van der Waals surface area contributed by atoms with E-state index in [9.17, 15) is 9.59 Å². The molecule has 1 aliphatic heterocycles. The van der Waals surface area contributed by atoms with Gasteiger partial charge in [-0.15, -0.1) is 0 Å². The van der Waals surface area contributed by atoms with E-state index in [-0.39, 0.29) is 17.8 Å². The maximum Gasteiger partial charge on any atom is 0.337 e. The second-order valence-corrected chi connectivity index (χ2v) is 9.54. The van der Waals surface area contributed by atoms with Crippen molar-refractivity contribution in [3.8, 4) is 11.5 Å². The lowest BCUT2D eigenvalue weighted by atomic mass is 9.71. The minimum absolute atomic E-state index is 0.0100. The second kappa shape index (κ2) is 10.2. The Morgan fingerprint density at radius 3 is 2.40 bits per heavy atom. The third-order valence-corrected chi connectivity index (χ3v) is 6.73. The molecule has 1 aliphatic carbocycles. The normalized spacial score (nSPS) is 19.9. The van der Waals surface area contributed by atoms with Crippen molar-refractivity contribution in [2.45, 2.75) is 51.6 Å². The number of halogens is 1. The quantitative estimate of drug-likeness (QED) is 0.520. The molecule has 4 rings (SSSR count). The third kappa shape index (κ3) is 4.80. The number of rotatable bonds is 6. The summed E-state index contributed by atoms with van der Waals surface area (Å²) in [5.41, 5.74) is 4.20. The topological polar surface area (TPSA) is 73.9 Å². The van der Waals surface area contributed by atoms with Gasteiger partial charge in [-0.05, 0) is 56.9 Å². The SMILES string of the molecule is COc1cccc([C@@H]2C(C(=O)OC(C)C)=C(C)NC3=C2C(=O)C[C@@H](c2ccc(Cl)cc2)C3)c1OC. The minimum Gasteiger partial charge on any atom is -0.493 e. The van der Waals surface area contributed by atoms with Crippen LogP contribution in [0.5, 0.6) is 11.5 Å². The number of nitrogens with one attached hydrogen (secondary N) is 1. The zero-order valence-corrected chi connectivity index (χ0v) is 21.4. The Balaban J connectivity index is 1.86. The van der Waals surface area contributed by atoms with E-state index in [4.69, 9.17) is 25.8 Å². The van der Waals surface area contributed by atoms with Crippen molar-refractivity contribution in [3.63, 3.8) is 0 Å². The molecule has 0 amide bonds. The van der Waals surface area contributed by atoms with Crippen LogP contribution in [0, 0.1) is 0 Å². The van der Waals surface area contributed by atoms with Crippen molar-refractivity contribution in [3.05, 3.63) is 81.2 Å². The highest BCUT2D eigenvalue weighted by Crippen LogP contribution is 2.49. The number of ether oxygens (including phenoxy) is 3. The fourth-order valence-corrected chi connectivity index (χ4v) is 5.13. The van der Waals surface area contributed by atoms with Crippen LogP contribution < -0.4 is 14.8 Å². The van der Waals surface area contributed by atoms with Gasteiger partial charge in [0.25, 0.3) is 0 Å². The summed E-state index contributed by atoms with van der Waals surface area (Å²) in [7, 11) is 3.12. The standard InChI is InChI=1S/C28H30ClNO5/c1-15(2)35-28(32)24-16(3)30-21-13-18(17-9-11-19(29)12-10-17)14-22(31)26(21)25(24)20-7-6-8-23(33-4)27(20)34-5/h6-12,15,18,25,30H,13-14H2,1-5H3/t18-,25+/m0/s1. The summed E-state index contributed by atoms with van der Waals surface area (Å²) in [6.07, 6.45) is 0.661. The molecule has 1 N–H and O–H groups in total. The van der Waals surface area contributed by atoms with Crippen molar-refractivity contribution < 1.29 is 23.8 Å². The van der Waals surface area contributed by atoms with Crippen molar-refractivity contribution in [1.29, 1.82) is 0 Å². The molecule has 0 saturated heterocycles. The molecule has 6 nitrogen and oxygen atoms in total. The molecule has 0 radical (unpaired) electrons. The fraction of sp³-hybridized carbons (Fsp3) is 0.357. The number of carbonyl (C=O) groups is 2. The zero-order chi connectivity index (χ0) is 25.3. The molecule has 184 valence electrons. The molecule has 0 unspecified atom stereocenters. The van der Waals surface area contributed by atoms with Crippen LogP contribution in [0.25, 0.3) is 0 Å². The number of ketones is 1. The highest BCUT2D eigenvalue weighted by Gasteiger charge is 2.43. The molecule has 0 saturated carbocycles. The molecule has 7 heteroatoms. The van der Waals surface area contributed by atoms with Gasteiger partial charge in [-0.1, -0.05) is 35.9 Å². The number of Topliss-reactive ketones (excluding diaryl/α,β-unsaturated/α-hetero) is 1. The number of hydrogen-bond acceptors (Lipinski definition) is 6. The summed E-state index contributed by atoms with van der Waals surface area (Å²) in [4.78, 5) is 27.1. The van der Waals surface area contributed by atoms with Gasteiger partial charge in [0.05, 0.1) is 31.8 Å². The van der Waals surface area contributed by atoms with E-state index in [0.29, 0.717) is 51.8 Å². The van der Waals surface area contributed by atoms with Gasteiger partial charge in [0.1, 0.15) is 0 Å². The van der Waals surface area contributed by atoms with E-state index in [1.807, 2.05) is 43.3 Å². The first kappa shape index (κ1) is 24.9. The number of carbonyl (C=O) groups excluding carboxylic acids is 2. The van der Waals surface area contributed by atoms with Crippen LogP contribution >= 0.6 is 11.6 Å². The Morgan fingerprint density at radius 2 is 1.77 bits per heavy atom. The van der Waals surface area contributed by atoms with Gasteiger partial charge in [0, 0.05) is 34.0 Å². The molecule has 35 heavy (non-hydrogen) atoms. The lowest BCUT2D eigenvalue weighted by molar-refractivity contribution is -0.143. The highest BCUT2D eigenvalue weighted by molar-refractivity contribution is 6.30. The number of hydrogen-bond donors (Lipinski definition) is 1. The van der Waals surface area contributed by atoms with Gasteiger partial charge >= 0.3 is 5.97 Å². The predicted octanol–water partition coefficient (Wildman–Crippen LogP) is 5.67. The lowest BCUT2D eigenvalue weighted by Crippen LogP contribution is -2.36. The largest absolute Gasteiger partial charge is 0.493 e. The van der Waals surface area contributed by atoms with E-state index in [2.05, 4.69) is 5.32 Å². The van der Waals surface area contributed by atoms with E-state index in [0.717, 1.165) is 11.3 Å². The molecule has 2 aliphatic rings. The highest BCUT2D eigenvalue weighted by atomic mass is 35.5. The molecular weight excluding hydrogens is 466 g/mol. The summed E-state index contributed by atoms with van der Waals surface area (Å²) in [6.45, 7) is 5.45. The van der Waals surface area contributed by atoms with Crippen molar-refractivity contribution in [2.75, 3.05) is 14.2 Å². The van der Waals surface area contributed by atoms with Gasteiger partial charge in [-0.3, -0.25) is 4.79 Å². The first-order valence-electron chi connectivity index (χ1n) is 11.7. The number of allylic oxidation sites excluding steroid dienone is 3. The van der Waals surface area contributed by atoms with Crippen LogP contribution in [-0.2, 0) is 14.3 Å². The molecule has 2 aromatic carbocycles. The molecule has 0 aromatic heterocycles. The van der Waals surface area contributed by atoms with Crippen LogP contribution in [0.3, 0.4) is 0 Å². The Labute approximate surface area is 210 Å². The maximum absolute atomic E-state index is 13.7. The molecule has 0 spiro atoms. The maximum atomic E-state index is 13.7. The summed E-state index contributed by atoms with van der Waals surface area (Å²) in [5, 5.41) is 4.03. The van der Waals surface area contributed by atoms with Gasteiger partial charge in [0.2, 0.25) is 0 Å². The van der Waals surface area contributed by atoms with E-state index in [1.54, 1.807) is 34.1 Å². The van der Waals surface area contributed by atoms with Crippen LogP contribution in [0.15, 0.2) is 65.0 Å². The monoisotopic (exact) mass is 495 g/mol. The third-order valence-electron chi connectivity index (χ3n) is 6.48. The number of esters is 1. The molecule has 0 fully saturated rings. The fourth-order valence-electron chi connectivity index (χ4n) is 5.01. The van der Waals surface area contributed by atoms with Crippen LogP contribution in [-0.4, -0.2) is 32.1 Å². The number of benzene rings is 2. The average Bonchev–Trinajstić information content (AvgIpc) is 2.82. The van der Waals surface area contributed by atoms with Crippen molar-refractivity contribution in [2.24, 2.45) is 0 Å². The summed E-state index contributed by atoms with van der Waals surface area (Å²) >= 11 is 6.07. The summed E-state index contributed by atoms with van der Waals surface area (Å²) < 4.78 is 16.8. The Hall–Kier alpha value is -3.25. The van der Waals surface area contributed by atoms with Gasteiger partial charge < -0.3 is 19.5 Å².